The Bertz CT molecular complexity index is 1230. The fourth-order valence-electron chi connectivity index (χ4n) is 4.84. The largest absolute Gasteiger partial charge is 0.306 e. The van der Waals surface area contributed by atoms with Crippen molar-refractivity contribution in [2.24, 2.45) is 0 Å². The average Bonchev–Trinajstić information content (AvgIpc) is 3.34. The van der Waals surface area contributed by atoms with Crippen molar-refractivity contribution in [3.8, 4) is 11.5 Å². The summed E-state index contributed by atoms with van der Waals surface area (Å²) in [6.07, 6.45) is 2.66. The molecule has 3 aromatic rings. The number of hydrogen-bond donors (Lipinski definition) is 1. The van der Waals surface area contributed by atoms with Crippen molar-refractivity contribution in [1.29, 1.82) is 0 Å². The number of hydrogen-bond acceptors (Lipinski definition) is 5. The van der Waals surface area contributed by atoms with E-state index in [4.69, 9.17) is 0 Å². The quantitative estimate of drug-likeness (QED) is 0.648. The van der Waals surface area contributed by atoms with Gasteiger partial charge in [0.15, 0.2) is 5.82 Å². The normalized spacial score (nSPS) is 17.2. The molecule has 33 heavy (non-hydrogen) atoms. The molecule has 1 aromatic carbocycles. The Morgan fingerprint density at radius 3 is 2.76 bits per heavy atom. The number of halogens is 1. The van der Waals surface area contributed by atoms with Crippen LogP contribution in [0.3, 0.4) is 0 Å². The number of aromatic nitrogens is 4. The minimum absolute atomic E-state index is 0.0380. The lowest BCUT2D eigenvalue weighted by atomic mass is 9.96. The van der Waals surface area contributed by atoms with Gasteiger partial charge in [0.1, 0.15) is 23.2 Å². The molecule has 0 aliphatic carbocycles. The van der Waals surface area contributed by atoms with E-state index in [-0.39, 0.29) is 11.1 Å². The average molecular weight is 449 g/mol. The molecule has 2 aromatic heterocycles. The Labute approximate surface area is 193 Å². The number of fused-ring (bicyclic) bond motifs is 2. The van der Waals surface area contributed by atoms with Gasteiger partial charge in [-0.25, -0.2) is 9.37 Å². The van der Waals surface area contributed by atoms with Crippen molar-refractivity contribution in [2.45, 2.75) is 65.1 Å². The first kappa shape index (κ1) is 21.7. The van der Waals surface area contributed by atoms with E-state index < -0.39 is 11.7 Å². The van der Waals surface area contributed by atoms with E-state index in [2.05, 4.69) is 57.7 Å². The number of carbonyl (C=O) groups excluding carboxylic acids is 1. The van der Waals surface area contributed by atoms with Crippen LogP contribution in [0, 0.1) is 5.82 Å². The van der Waals surface area contributed by atoms with Gasteiger partial charge < -0.3 is 9.88 Å². The maximum atomic E-state index is 14.8. The number of nitrogens with one attached hydrogen (secondary N) is 1. The molecular formula is C25H29FN6O. The highest BCUT2D eigenvalue weighted by Gasteiger charge is 2.34. The van der Waals surface area contributed by atoms with E-state index in [1.807, 2.05) is 12.1 Å². The van der Waals surface area contributed by atoms with Crippen LogP contribution in [0.5, 0.6) is 0 Å². The van der Waals surface area contributed by atoms with Gasteiger partial charge in [-0.15, -0.1) is 10.2 Å². The molecule has 0 atom stereocenters. The molecule has 5 rings (SSSR count). The molecule has 0 fully saturated rings. The van der Waals surface area contributed by atoms with Crippen LogP contribution >= 0.6 is 0 Å². The Kier molecular flexibility index (Phi) is 5.28. The third-order valence-corrected chi connectivity index (χ3v) is 6.82. The van der Waals surface area contributed by atoms with E-state index in [9.17, 15) is 9.18 Å². The summed E-state index contributed by atoms with van der Waals surface area (Å²) in [5, 5.41) is 11.4. The monoisotopic (exact) mass is 448 g/mol. The van der Waals surface area contributed by atoms with Crippen molar-refractivity contribution in [3.05, 3.63) is 58.7 Å². The summed E-state index contributed by atoms with van der Waals surface area (Å²) >= 11 is 0. The van der Waals surface area contributed by atoms with Crippen LogP contribution in [-0.2, 0) is 24.9 Å². The zero-order valence-corrected chi connectivity index (χ0v) is 19.5. The number of nitrogens with zero attached hydrogens (tertiary/aromatic N) is 5. The fraction of sp³-hybridized carbons (Fsp3) is 0.440. The molecule has 0 unspecified atom stereocenters. The number of carbonyl (C=O) groups is 1. The third-order valence-electron chi connectivity index (χ3n) is 6.82. The number of pyridine rings is 1. The molecule has 4 heterocycles. The highest BCUT2D eigenvalue weighted by molar-refractivity contribution is 6.04. The smallest absolute Gasteiger partial charge is 0.259 e. The first-order chi connectivity index (χ1) is 15.7. The molecule has 0 spiro atoms. The highest BCUT2D eigenvalue weighted by atomic mass is 19.1. The number of rotatable bonds is 4. The molecule has 1 N–H and O–H groups in total. The van der Waals surface area contributed by atoms with Crippen molar-refractivity contribution in [1.82, 2.24) is 24.6 Å². The van der Waals surface area contributed by atoms with Crippen LogP contribution in [0.2, 0.25) is 0 Å². The highest BCUT2D eigenvalue weighted by Crippen LogP contribution is 2.35. The van der Waals surface area contributed by atoms with Crippen molar-refractivity contribution < 1.29 is 9.18 Å². The second-order valence-corrected chi connectivity index (χ2v) is 9.86. The summed E-state index contributed by atoms with van der Waals surface area (Å²) in [6.45, 7) is 10.2. The molecule has 8 heteroatoms. The van der Waals surface area contributed by atoms with Crippen LogP contribution in [0.4, 0.5) is 10.2 Å². The SMILES string of the molecule is CC(C)N1CCc2cc(F)c(C(=O)Nc3cccc(-c4nnc5n4C(C)(C)CC5)n3)cc2C1. The Balaban J connectivity index is 1.41. The topological polar surface area (TPSA) is 75.9 Å². The summed E-state index contributed by atoms with van der Waals surface area (Å²) in [6, 6.07) is 8.95. The predicted octanol–water partition coefficient (Wildman–Crippen LogP) is 4.18. The van der Waals surface area contributed by atoms with Crippen LogP contribution in [0.15, 0.2) is 30.3 Å². The summed E-state index contributed by atoms with van der Waals surface area (Å²) in [7, 11) is 0. The maximum Gasteiger partial charge on any atom is 0.259 e. The Hall–Kier alpha value is -3.13. The predicted molar refractivity (Wildman–Crippen MR) is 124 cm³/mol. The lowest BCUT2D eigenvalue weighted by Crippen LogP contribution is -2.36. The third kappa shape index (κ3) is 3.93. The molecule has 7 nitrogen and oxygen atoms in total. The molecular weight excluding hydrogens is 419 g/mol. The minimum Gasteiger partial charge on any atom is -0.306 e. The van der Waals surface area contributed by atoms with E-state index in [0.29, 0.717) is 23.4 Å². The van der Waals surface area contributed by atoms with Crippen LogP contribution in [-0.4, -0.2) is 43.1 Å². The van der Waals surface area contributed by atoms with Gasteiger partial charge in [-0.05, 0) is 75.9 Å². The minimum atomic E-state index is -0.506. The van der Waals surface area contributed by atoms with Crippen molar-refractivity contribution in [2.75, 3.05) is 11.9 Å². The van der Waals surface area contributed by atoms with E-state index >= 15 is 0 Å². The number of amides is 1. The van der Waals surface area contributed by atoms with Gasteiger partial charge in [-0.3, -0.25) is 9.69 Å². The molecule has 2 aliphatic heterocycles. The molecule has 0 bridgehead atoms. The lowest BCUT2D eigenvalue weighted by Gasteiger charge is -2.32. The van der Waals surface area contributed by atoms with Crippen molar-refractivity contribution >= 4 is 11.7 Å². The number of anilines is 1. The van der Waals surface area contributed by atoms with E-state index in [0.717, 1.165) is 49.3 Å². The standard InChI is InChI=1S/C25H29FN6O/c1-15(2)31-11-9-16-13-19(26)18(12-17(16)14-31)24(33)28-21-7-5-6-20(27-21)23-30-29-22-8-10-25(3,4)32(22)23/h5-7,12-13,15H,8-11,14H2,1-4H3,(H,27,28,33). The van der Waals surface area contributed by atoms with Crippen LogP contribution in [0.25, 0.3) is 11.5 Å². The van der Waals surface area contributed by atoms with Gasteiger partial charge in [-0.1, -0.05) is 6.07 Å². The molecule has 1 amide bonds. The second-order valence-electron chi connectivity index (χ2n) is 9.86. The Morgan fingerprint density at radius 2 is 1.97 bits per heavy atom. The van der Waals surface area contributed by atoms with Crippen molar-refractivity contribution in [3.63, 3.8) is 0 Å². The summed E-state index contributed by atoms with van der Waals surface area (Å²) < 4.78 is 16.9. The van der Waals surface area contributed by atoms with Gasteiger partial charge >= 0.3 is 0 Å². The number of benzene rings is 1. The van der Waals surface area contributed by atoms with Crippen LogP contribution in [0.1, 0.15) is 61.4 Å². The van der Waals surface area contributed by atoms with E-state index in [1.54, 1.807) is 12.1 Å². The molecule has 172 valence electrons. The molecule has 0 saturated carbocycles. The lowest BCUT2D eigenvalue weighted by molar-refractivity contribution is 0.102. The second kappa shape index (κ2) is 8.02. The zero-order valence-electron chi connectivity index (χ0n) is 19.5. The van der Waals surface area contributed by atoms with E-state index in [1.165, 1.54) is 6.07 Å². The Morgan fingerprint density at radius 1 is 1.15 bits per heavy atom. The fourth-order valence-corrected chi connectivity index (χ4v) is 4.84. The van der Waals surface area contributed by atoms with Gasteiger partial charge in [-0.2, -0.15) is 0 Å². The molecule has 2 aliphatic rings. The first-order valence-corrected chi connectivity index (χ1v) is 11.5. The molecule has 0 radical (unpaired) electrons. The van der Waals surface area contributed by atoms with Gasteiger partial charge in [0.2, 0.25) is 0 Å². The summed E-state index contributed by atoms with van der Waals surface area (Å²) in [5.41, 5.74) is 2.55. The summed E-state index contributed by atoms with van der Waals surface area (Å²) in [5.74, 6) is 0.965. The van der Waals surface area contributed by atoms with Crippen LogP contribution < -0.4 is 5.32 Å². The first-order valence-electron chi connectivity index (χ1n) is 11.5. The number of aryl methyl sites for hydroxylation is 1. The zero-order chi connectivity index (χ0) is 23.3. The van der Waals surface area contributed by atoms with Gasteiger partial charge in [0, 0.05) is 31.1 Å². The van der Waals surface area contributed by atoms with Gasteiger partial charge in [0.25, 0.3) is 5.91 Å². The maximum absolute atomic E-state index is 14.8. The van der Waals surface area contributed by atoms with Gasteiger partial charge in [0.05, 0.1) is 5.56 Å². The molecule has 0 saturated heterocycles. The summed E-state index contributed by atoms with van der Waals surface area (Å²) in [4.78, 5) is 19.9.